The smallest absolute Gasteiger partial charge is 0.410 e. The van der Waals surface area contributed by atoms with E-state index in [2.05, 4.69) is 26.0 Å². The van der Waals surface area contributed by atoms with E-state index >= 15 is 0 Å². The maximum Gasteiger partial charge on any atom is 0.410 e. The number of carboxylic acid groups (broad SMARTS) is 1. The fraction of sp³-hybridized carbons (Fsp3) is 0.364. The molecule has 0 spiro atoms. The number of rotatable bonds is 28. The van der Waals surface area contributed by atoms with Gasteiger partial charge in [0.25, 0.3) is 17.7 Å². The van der Waals surface area contributed by atoms with Crippen molar-refractivity contribution in [3.63, 3.8) is 0 Å². The summed E-state index contributed by atoms with van der Waals surface area (Å²) in [6.07, 6.45) is -2.52. The normalized spacial score (nSPS) is 17.7. The molecule has 2 saturated heterocycles. The molecule has 8 heterocycles. The van der Waals surface area contributed by atoms with Gasteiger partial charge in [0.05, 0.1) is 46.8 Å². The molecule has 0 saturated carbocycles. The molecule has 34 heteroatoms. The Morgan fingerprint density at radius 3 is 2.22 bits per heavy atom. The number of aliphatic hydroxyl groups excluding tert-OH is 3. The van der Waals surface area contributed by atoms with Crippen LogP contribution in [-0.4, -0.2) is 193 Å². The number of allylic oxidation sites excluding steroid dienone is 2. The van der Waals surface area contributed by atoms with Gasteiger partial charge in [0.15, 0.2) is 11.9 Å². The number of imide groups is 1. The van der Waals surface area contributed by atoms with E-state index in [0.29, 0.717) is 85.8 Å². The van der Waals surface area contributed by atoms with Crippen LogP contribution in [0.3, 0.4) is 0 Å². The van der Waals surface area contributed by atoms with Crippen molar-refractivity contribution < 1.29 is 87.3 Å². The number of ether oxygens (including phenoxy) is 5. The average molecular weight is 1390 g/mol. The number of primary amides is 2. The summed E-state index contributed by atoms with van der Waals surface area (Å²) in [5, 5.41) is 55.6. The van der Waals surface area contributed by atoms with Gasteiger partial charge in [-0.2, -0.15) is 5.10 Å². The molecule has 3 aliphatic rings. The first-order chi connectivity index (χ1) is 47.9. The zero-order valence-electron chi connectivity index (χ0n) is 54.7. The van der Waals surface area contributed by atoms with Gasteiger partial charge < -0.3 is 80.2 Å². The van der Waals surface area contributed by atoms with Gasteiger partial charge >= 0.3 is 12.1 Å². The highest BCUT2D eigenvalue weighted by molar-refractivity contribution is 7.13. The maximum absolute atomic E-state index is 13.9. The minimum Gasteiger partial charge on any atom is -0.494 e. The highest BCUT2D eigenvalue weighted by Crippen LogP contribution is 2.39. The molecule has 2 fully saturated rings. The van der Waals surface area contributed by atoms with Crippen LogP contribution in [0.25, 0.3) is 44.5 Å². The van der Waals surface area contributed by atoms with Crippen molar-refractivity contribution in [3.8, 4) is 28.8 Å². The highest BCUT2D eigenvalue weighted by atomic mass is 32.1. The molecule has 0 unspecified atom stereocenters. The summed E-state index contributed by atoms with van der Waals surface area (Å²) < 4.78 is 34.6. The van der Waals surface area contributed by atoms with Crippen molar-refractivity contribution in [1.82, 2.24) is 54.0 Å². The van der Waals surface area contributed by atoms with Crippen molar-refractivity contribution in [3.05, 3.63) is 117 Å². The first-order valence-electron chi connectivity index (χ1n) is 31.8. The van der Waals surface area contributed by atoms with Crippen molar-refractivity contribution in [2.45, 2.75) is 110 Å². The van der Waals surface area contributed by atoms with Gasteiger partial charge in [0, 0.05) is 98.9 Å². The van der Waals surface area contributed by atoms with E-state index < -0.39 is 84.1 Å². The number of methoxy groups -OCH3 is 1. The van der Waals surface area contributed by atoms with E-state index in [9.17, 15) is 63.6 Å². The zero-order chi connectivity index (χ0) is 71.4. The van der Waals surface area contributed by atoms with Crippen LogP contribution in [0.5, 0.6) is 17.2 Å². The van der Waals surface area contributed by atoms with Crippen molar-refractivity contribution in [1.29, 1.82) is 0 Å². The molecule has 5 aromatic heterocycles. The van der Waals surface area contributed by atoms with Crippen molar-refractivity contribution >= 4 is 109 Å². The molecule has 0 bridgehead atoms. The average Bonchev–Trinajstić information content (AvgIpc) is 1.54. The van der Waals surface area contributed by atoms with Crippen LogP contribution in [0.2, 0.25) is 0 Å². The number of aliphatic carboxylic acids is 1. The molecule has 11 rings (SSSR count). The summed E-state index contributed by atoms with van der Waals surface area (Å²) in [5.41, 5.74) is 16.1. The lowest BCUT2D eigenvalue weighted by Gasteiger charge is -2.38. The first-order valence-corrected chi connectivity index (χ1v) is 32.6. The Hall–Kier alpha value is -11.2. The largest absolute Gasteiger partial charge is 0.494 e. The second-order valence-electron chi connectivity index (χ2n) is 23.7. The number of aromatic nitrogens is 8. The van der Waals surface area contributed by atoms with E-state index in [0.717, 1.165) is 27.8 Å². The second kappa shape index (κ2) is 29.9. The number of hydrogen-bond acceptors (Lipinski definition) is 23. The number of carbonyl (C=O) groups is 9. The van der Waals surface area contributed by atoms with Crippen LogP contribution in [0.1, 0.15) is 85.5 Å². The number of hydrogen-bond donors (Lipinski definition) is 9. The molecule has 0 aliphatic carbocycles. The van der Waals surface area contributed by atoms with Crippen LogP contribution in [0, 0.1) is 19.8 Å². The van der Waals surface area contributed by atoms with Gasteiger partial charge in [-0.3, -0.25) is 48.5 Å². The van der Waals surface area contributed by atoms with Gasteiger partial charge in [0.1, 0.15) is 63.9 Å². The highest BCUT2D eigenvalue weighted by Gasteiger charge is 2.48. The number of carboxylic acids is 1. The number of nitrogens with zero attached hydrogens (tertiary/aromatic N) is 10. The molecule has 3 aromatic carbocycles. The third kappa shape index (κ3) is 14.9. The number of amides is 8. The molecule has 8 aromatic rings. The number of carbonyl (C=O) groups excluding carboxylic acids is 8. The number of thiazole rings is 1. The predicted molar refractivity (Wildman–Crippen MR) is 357 cm³/mol. The molecule has 11 N–H and O–H groups in total. The molecular weight excluding hydrogens is 1320 g/mol. The lowest BCUT2D eigenvalue weighted by Crippen LogP contribution is -2.61. The SMILES string of the molecule is CCc1nc(C)sc1C(=O)Nc1nc2cc(C(N)=O)cc(OC)c2n1C/C=C/Cn1c2nc(-c3cc(C)nn3CC)ncc2c2cc(C(N)=O)cc(OCCC3CN(C(=O)OCc4ccc(O[C@@H]5O[C@H](C(=O)O)[C@@H](O)[C@H](O)[C@H]5O)c(NC(=O)CCNC(=O)CCN5C(=O)C=CC5=O)c4)C3)c21. The second-order valence-corrected chi connectivity index (χ2v) is 24.9. The Morgan fingerprint density at radius 2 is 1.52 bits per heavy atom. The lowest BCUT2D eigenvalue weighted by molar-refractivity contribution is -0.271. The monoisotopic (exact) mass is 1390 g/mol. The van der Waals surface area contributed by atoms with Crippen LogP contribution >= 0.6 is 11.3 Å². The van der Waals surface area contributed by atoms with E-state index in [1.807, 2.05) is 50.5 Å². The van der Waals surface area contributed by atoms with E-state index in [1.165, 1.54) is 53.7 Å². The van der Waals surface area contributed by atoms with Gasteiger partial charge in [-0.25, -0.2) is 29.5 Å². The number of aliphatic hydroxyl groups is 3. The Bertz CT molecular complexity index is 4630. The van der Waals surface area contributed by atoms with Crippen molar-refractivity contribution in [2.24, 2.45) is 17.4 Å². The fourth-order valence-corrected chi connectivity index (χ4v) is 12.7. The Morgan fingerprint density at radius 1 is 0.800 bits per heavy atom. The topological polar surface area (TPSA) is 455 Å². The number of imidazole rings is 1. The Labute approximate surface area is 572 Å². The van der Waals surface area contributed by atoms with Crippen LogP contribution < -0.4 is 41.6 Å². The molecule has 100 heavy (non-hydrogen) atoms. The Kier molecular flexibility index (Phi) is 21.0. The van der Waals surface area contributed by atoms with E-state index in [1.54, 1.807) is 27.6 Å². The number of likely N-dealkylation sites (tertiary alicyclic amines) is 1. The maximum atomic E-state index is 13.9. The van der Waals surface area contributed by atoms with E-state index in [-0.39, 0.29) is 106 Å². The van der Waals surface area contributed by atoms with Crippen LogP contribution in [0.15, 0.2) is 79.0 Å². The summed E-state index contributed by atoms with van der Waals surface area (Å²) in [6, 6.07) is 12.3. The number of nitrogens with two attached hydrogens (primary N) is 2. The molecule has 8 amide bonds. The quantitative estimate of drug-likeness (QED) is 0.0251. The zero-order valence-corrected chi connectivity index (χ0v) is 55.5. The third-order valence-electron chi connectivity index (χ3n) is 16.9. The van der Waals surface area contributed by atoms with Crippen LogP contribution in [-0.2, 0) is 66.1 Å². The summed E-state index contributed by atoms with van der Waals surface area (Å²) in [7, 11) is 1.45. The van der Waals surface area contributed by atoms with Gasteiger partial charge in [-0.1, -0.05) is 25.1 Å². The lowest BCUT2D eigenvalue weighted by atomic mass is 9.97. The summed E-state index contributed by atoms with van der Waals surface area (Å²) >= 11 is 1.26. The number of aryl methyl sites for hydroxylation is 4. The summed E-state index contributed by atoms with van der Waals surface area (Å²) in [6.45, 7) is 8.35. The molecule has 524 valence electrons. The van der Waals surface area contributed by atoms with Gasteiger partial charge in [0.2, 0.25) is 35.9 Å². The minimum atomic E-state index is -2.02. The molecule has 0 radical (unpaired) electrons. The fourth-order valence-electron chi connectivity index (χ4n) is 11.8. The number of fused-ring (bicyclic) bond motifs is 4. The first kappa shape index (κ1) is 70.1. The third-order valence-corrected chi connectivity index (χ3v) is 17.9. The van der Waals surface area contributed by atoms with Gasteiger partial charge in [-0.05, 0) is 87.6 Å². The number of anilines is 2. The van der Waals surface area contributed by atoms with Gasteiger partial charge in [-0.15, -0.1) is 11.3 Å². The standard InChI is InChI=1S/C66H71N15O18S/c1-6-40-57(100-33(4)71-40)62(91)75-65-73-42-25-37(59(68)90)26-45(95-5)52(42)80(65)19-9-8-18-79-51-38(39-28-70-60(74-61(39)79)43-22-32(3)76-81(43)7-2)24-36(58(67)89)27-46(51)96-21-16-35-29-77(30-35)66(94)97-31-34-10-11-44(98-64-55(88)53(86)54(87)56(99-64)63(92)93)41(23-34)72-48(83)14-17-69-47(82)15-20-78-49(84)12-13-50(78)85/h8-13,22-28,35,53-56,64,86-88H,6-7,14-21,29-31H2,1-5H3,(H2,67,89)(H2,68,90)(H,69,82)(H,72,83)(H,92,93)(H,73,75,91)/b9-8+/t53-,54-,55+,56-,64+/m0/s1. The summed E-state index contributed by atoms with van der Waals surface area (Å²) in [5.74, 6) is -4.98. The number of benzene rings is 3. The molecule has 5 atom stereocenters. The predicted octanol–water partition coefficient (Wildman–Crippen LogP) is 3.24. The molecule has 3 aliphatic heterocycles. The molecular formula is C66H71N15O18S. The number of nitrogens with one attached hydrogen (secondary N) is 3. The van der Waals surface area contributed by atoms with Crippen LogP contribution in [0.4, 0.5) is 16.4 Å². The minimum absolute atomic E-state index is 0.0669. The van der Waals surface area contributed by atoms with Crippen molar-refractivity contribution in [2.75, 3.05) is 50.5 Å². The molecule has 33 nitrogen and oxygen atoms in total. The summed E-state index contributed by atoms with van der Waals surface area (Å²) in [4.78, 5) is 136. The Balaban J connectivity index is 0.791. The van der Waals surface area contributed by atoms with E-state index in [4.69, 9.17) is 50.1 Å².